The molecule has 0 amide bonds. The molecule has 3 fully saturated rings. The van der Waals surface area contributed by atoms with Crippen molar-refractivity contribution in [3.63, 3.8) is 0 Å². The van der Waals surface area contributed by atoms with Crippen LogP contribution in [0.5, 0.6) is 0 Å². The molecule has 0 aromatic heterocycles. The second kappa shape index (κ2) is 5.27. The van der Waals surface area contributed by atoms with Crippen LogP contribution in [0.1, 0.15) is 51.4 Å². The fraction of sp³-hybridized carbons (Fsp3) is 1.00. The van der Waals surface area contributed by atoms with E-state index in [1.807, 2.05) is 0 Å². The van der Waals surface area contributed by atoms with Crippen LogP contribution in [0.25, 0.3) is 0 Å². The van der Waals surface area contributed by atoms with Gasteiger partial charge in [0.2, 0.25) is 0 Å². The first-order chi connectivity index (χ1) is 8.31. The zero-order valence-corrected chi connectivity index (χ0v) is 11.0. The molecule has 0 aromatic rings. The first kappa shape index (κ1) is 12.0. The van der Waals surface area contributed by atoms with E-state index in [9.17, 15) is 5.11 Å². The van der Waals surface area contributed by atoms with E-state index in [1.165, 1.54) is 45.1 Å². The van der Waals surface area contributed by atoms with Crippen LogP contribution in [-0.4, -0.2) is 35.7 Å². The van der Waals surface area contributed by atoms with Gasteiger partial charge in [0.25, 0.3) is 0 Å². The Kier molecular flexibility index (Phi) is 3.72. The van der Waals surface area contributed by atoms with Gasteiger partial charge in [0, 0.05) is 19.6 Å². The highest BCUT2D eigenvalue weighted by molar-refractivity contribution is 4.86. The van der Waals surface area contributed by atoms with Crippen molar-refractivity contribution in [2.45, 2.75) is 57.5 Å². The van der Waals surface area contributed by atoms with Crippen molar-refractivity contribution in [3.05, 3.63) is 0 Å². The van der Waals surface area contributed by atoms with Gasteiger partial charge in [-0.1, -0.05) is 0 Å². The maximum atomic E-state index is 9.51. The van der Waals surface area contributed by atoms with Crippen molar-refractivity contribution >= 4 is 0 Å². The lowest BCUT2D eigenvalue weighted by atomic mass is 9.79. The molecule has 0 atom stereocenters. The third-order valence-corrected chi connectivity index (χ3v) is 5.25. The normalized spacial score (nSPS) is 37.2. The molecule has 1 heterocycles. The maximum Gasteiger partial charge on any atom is 0.0564 e. The molecule has 2 aliphatic carbocycles. The number of nitrogens with zero attached hydrogens (tertiary/aromatic N) is 1. The zero-order valence-electron chi connectivity index (χ0n) is 11.0. The van der Waals surface area contributed by atoms with Crippen LogP contribution >= 0.6 is 0 Å². The molecule has 2 saturated carbocycles. The molecule has 3 aliphatic rings. The fourth-order valence-corrected chi connectivity index (χ4v) is 3.88. The number of aliphatic hydroxyl groups is 1. The van der Waals surface area contributed by atoms with Gasteiger partial charge in [-0.3, -0.25) is 0 Å². The molecule has 2 nitrogen and oxygen atoms in total. The van der Waals surface area contributed by atoms with Crippen LogP contribution in [0, 0.1) is 17.8 Å². The summed E-state index contributed by atoms with van der Waals surface area (Å²) in [5, 5.41) is 9.51. The van der Waals surface area contributed by atoms with Gasteiger partial charge in [0.1, 0.15) is 0 Å². The average molecular weight is 237 g/mol. The van der Waals surface area contributed by atoms with Crippen LogP contribution in [0.3, 0.4) is 0 Å². The lowest BCUT2D eigenvalue weighted by Crippen LogP contribution is -2.39. The summed E-state index contributed by atoms with van der Waals surface area (Å²) in [5.74, 6) is 3.18. The van der Waals surface area contributed by atoms with E-state index >= 15 is 0 Å². The van der Waals surface area contributed by atoms with Gasteiger partial charge in [-0.15, -0.1) is 0 Å². The molecule has 98 valence electrons. The average Bonchev–Trinajstić information content (AvgIpc) is 3.17. The van der Waals surface area contributed by atoms with Gasteiger partial charge < -0.3 is 10.0 Å². The lowest BCUT2D eigenvalue weighted by molar-refractivity contribution is 0.0681. The van der Waals surface area contributed by atoms with E-state index in [2.05, 4.69) is 4.90 Å². The predicted octanol–water partition coefficient (Wildman–Crippen LogP) is 2.66. The molecule has 0 radical (unpaired) electrons. The van der Waals surface area contributed by atoms with Crippen molar-refractivity contribution in [2.24, 2.45) is 17.8 Å². The maximum absolute atomic E-state index is 9.51. The number of piperidine rings is 1. The van der Waals surface area contributed by atoms with Crippen LogP contribution in [0.15, 0.2) is 0 Å². The highest BCUT2D eigenvalue weighted by Crippen LogP contribution is 2.45. The predicted molar refractivity (Wildman–Crippen MR) is 69.9 cm³/mol. The van der Waals surface area contributed by atoms with Crippen LogP contribution in [0.4, 0.5) is 0 Å². The summed E-state index contributed by atoms with van der Waals surface area (Å²) in [5.41, 5.74) is 0. The Bertz CT molecular complexity index is 235. The van der Waals surface area contributed by atoms with E-state index in [0.29, 0.717) is 0 Å². The van der Waals surface area contributed by atoms with E-state index in [0.717, 1.165) is 43.7 Å². The van der Waals surface area contributed by atoms with Crippen LogP contribution < -0.4 is 0 Å². The summed E-state index contributed by atoms with van der Waals surface area (Å²) in [6, 6.07) is 0. The first-order valence-corrected chi connectivity index (χ1v) is 7.71. The van der Waals surface area contributed by atoms with Crippen molar-refractivity contribution in [1.29, 1.82) is 0 Å². The quantitative estimate of drug-likeness (QED) is 0.815. The Hall–Kier alpha value is -0.0800. The van der Waals surface area contributed by atoms with E-state index in [-0.39, 0.29) is 6.10 Å². The zero-order chi connectivity index (χ0) is 11.7. The summed E-state index contributed by atoms with van der Waals surface area (Å²) in [4.78, 5) is 2.59. The highest BCUT2D eigenvalue weighted by Gasteiger charge is 2.34. The second-order valence-corrected chi connectivity index (χ2v) is 6.65. The number of rotatable bonds is 3. The van der Waals surface area contributed by atoms with Crippen LogP contribution in [0.2, 0.25) is 0 Å². The van der Waals surface area contributed by atoms with Crippen molar-refractivity contribution in [1.82, 2.24) is 4.90 Å². The minimum absolute atomic E-state index is 0.0168. The Morgan fingerprint density at radius 2 is 1.29 bits per heavy atom. The van der Waals surface area contributed by atoms with Crippen molar-refractivity contribution < 1.29 is 5.11 Å². The molecule has 1 N–H and O–H groups in total. The van der Waals surface area contributed by atoms with Gasteiger partial charge in [-0.25, -0.2) is 0 Å². The topological polar surface area (TPSA) is 23.5 Å². The number of hydrogen-bond donors (Lipinski definition) is 1. The largest absolute Gasteiger partial charge is 0.393 e. The number of aliphatic hydroxyl groups excluding tert-OH is 1. The van der Waals surface area contributed by atoms with E-state index in [4.69, 9.17) is 0 Å². The number of likely N-dealkylation sites (tertiary alicyclic amines) is 1. The standard InChI is InChI=1S/C15H27NO/c17-15-7-9-16(10-8-15)11-12-1-3-13(4-2-12)14-5-6-14/h12-15,17H,1-11H2. The van der Waals surface area contributed by atoms with Gasteiger partial charge in [0.15, 0.2) is 0 Å². The Balaban J connectivity index is 1.38. The molecule has 0 spiro atoms. The Morgan fingerprint density at radius 1 is 0.765 bits per heavy atom. The van der Waals surface area contributed by atoms with Crippen molar-refractivity contribution in [2.75, 3.05) is 19.6 Å². The highest BCUT2D eigenvalue weighted by atomic mass is 16.3. The molecular formula is C15H27NO. The summed E-state index contributed by atoms with van der Waals surface area (Å²) in [6.07, 6.45) is 11.0. The van der Waals surface area contributed by atoms with Gasteiger partial charge >= 0.3 is 0 Å². The van der Waals surface area contributed by atoms with E-state index < -0.39 is 0 Å². The fourth-order valence-electron chi connectivity index (χ4n) is 3.88. The molecular weight excluding hydrogens is 210 g/mol. The van der Waals surface area contributed by atoms with Crippen molar-refractivity contribution in [3.8, 4) is 0 Å². The SMILES string of the molecule is OC1CCN(CC2CCC(C3CC3)CC2)CC1. The Labute approximate surface area is 105 Å². The van der Waals surface area contributed by atoms with Crippen LogP contribution in [-0.2, 0) is 0 Å². The minimum atomic E-state index is -0.0168. The minimum Gasteiger partial charge on any atom is -0.393 e. The summed E-state index contributed by atoms with van der Waals surface area (Å²) in [6.45, 7) is 3.57. The first-order valence-electron chi connectivity index (χ1n) is 7.71. The Morgan fingerprint density at radius 3 is 1.82 bits per heavy atom. The van der Waals surface area contributed by atoms with Gasteiger partial charge in [0.05, 0.1) is 6.10 Å². The molecule has 1 saturated heterocycles. The molecule has 2 heteroatoms. The second-order valence-electron chi connectivity index (χ2n) is 6.65. The molecule has 17 heavy (non-hydrogen) atoms. The van der Waals surface area contributed by atoms with E-state index in [1.54, 1.807) is 0 Å². The monoisotopic (exact) mass is 237 g/mol. The number of hydrogen-bond acceptors (Lipinski definition) is 2. The van der Waals surface area contributed by atoms with Gasteiger partial charge in [-0.05, 0) is 69.1 Å². The van der Waals surface area contributed by atoms with Gasteiger partial charge in [-0.2, -0.15) is 0 Å². The lowest BCUT2D eigenvalue weighted by Gasteiger charge is -2.35. The molecule has 0 aromatic carbocycles. The summed E-state index contributed by atoms with van der Waals surface area (Å²) in [7, 11) is 0. The molecule has 3 rings (SSSR count). The third kappa shape index (κ3) is 3.23. The molecule has 1 aliphatic heterocycles. The summed E-state index contributed by atoms with van der Waals surface area (Å²) < 4.78 is 0. The third-order valence-electron chi connectivity index (χ3n) is 5.25. The molecule has 0 unspecified atom stereocenters. The summed E-state index contributed by atoms with van der Waals surface area (Å²) >= 11 is 0. The smallest absolute Gasteiger partial charge is 0.0564 e. The molecule has 0 bridgehead atoms.